The first kappa shape index (κ1) is 23.8. The summed E-state index contributed by atoms with van der Waals surface area (Å²) >= 11 is 0. The summed E-state index contributed by atoms with van der Waals surface area (Å²) in [6.45, 7) is 0.974. The molecular formula is C22H25N3O8S. The highest BCUT2D eigenvalue weighted by Gasteiger charge is 2.37. The van der Waals surface area contributed by atoms with E-state index in [0.717, 1.165) is 9.87 Å². The quantitative estimate of drug-likeness (QED) is 0.527. The number of fused-ring (bicyclic) bond motifs is 1. The van der Waals surface area contributed by atoms with Crippen LogP contribution in [0.15, 0.2) is 47.4 Å². The molecule has 2 heterocycles. The number of carbonyl (C=O) groups excluding carboxylic acids is 2. The van der Waals surface area contributed by atoms with Crippen LogP contribution in [-0.4, -0.2) is 70.8 Å². The monoisotopic (exact) mass is 491 g/mol. The van der Waals surface area contributed by atoms with E-state index in [0.29, 0.717) is 30.5 Å². The molecule has 1 atom stereocenters. The van der Waals surface area contributed by atoms with Crippen molar-refractivity contribution >= 4 is 21.8 Å². The molecule has 1 saturated heterocycles. The summed E-state index contributed by atoms with van der Waals surface area (Å²) in [5.41, 5.74) is 0.790. The topological polar surface area (TPSA) is 132 Å². The van der Waals surface area contributed by atoms with Crippen LogP contribution in [0, 0.1) is 0 Å². The Morgan fingerprint density at radius 2 is 1.71 bits per heavy atom. The lowest BCUT2D eigenvalue weighted by Crippen LogP contribution is -2.47. The first-order valence-electron chi connectivity index (χ1n) is 10.6. The highest BCUT2D eigenvalue weighted by molar-refractivity contribution is 7.89. The molecule has 2 aromatic carbocycles. The van der Waals surface area contributed by atoms with E-state index in [4.69, 9.17) is 18.9 Å². The van der Waals surface area contributed by atoms with Gasteiger partial charge in [-0.15, -0.1) is 0 Å². The number of sulfonamides is 1. The molecule has 2 aromatic rings. The van der Waals surface area contributed by atoms with Crippen molar-refractivity contribution < 1.29 is 37.0 Å². The van der Waals surface area contributed by atoms with Crippen molar-refractivity contribution in [3.8, 4) is 17.2 Å². The number of carbonyl (C=O) groups is 2. The molecule has 0 spiro atoms. The number of rotatable bonds is 7. The summed E-state index contributed by atoms with van der Waals surface area (Å²) in [4.78, 5) is 24.4. The molecule has 12 heteroatoms. The Hall–Kier alpha value is -3.35. The van der Waals surface area contributed by atoms with Crippen molar-refractivity contribution in [1.29, 1.82) is 0 Å². The lowest BCUT2D eigenvalue weighted by Gasteiger charge is -2.24. The van der Waals surface area contributed by atoms with Gasteiger partial charge in [0, 0.05) is 19.2 Å². The number of nitrogens with one attached hydrogen (secondary N) is 2. The van der Waals surface area contributed by atoms with Crippen LogP contribution in [-0.2, 0) is 30.9 Å². The molecule has 34 heavy (non-hydrogen) atoms. The van der Waals surface area contributed by atoms with E-state index in [9.17, 15) is 18.0 Å². The minimum Gasteiger partial charge on any atom is -0.497 e. The smallest absolute Gasteiger partial charge is 0.309 e. The zero-order valence-electron chi connectivity index (χ0n) is 18.5. The molecule has 0 bridgehead atoms. The van der Waals surface area contributed by atoms with E-state index >= 15 is 0 Å². The number of nitrogens with zero attached hydrogens (tertiary/aromatic N) is 1. The van der Waals surface area contributed by atoms with Gasteiger partial charge in [-0.05, 0) is 29.8 Å². The van der Waals surface area contributed by atoms with Crippen LogP contribution >= 0.6 is 0 Å². The van der Waals surface area contributed by atoms with Crippen LogP contribution in [0.3, 0.4) is 0 Å². The first-order chi connectivity index (χ1) is 16.4. The van der Waals surface area contributed by atoms with E-state index in [1.807, 2.05) is 0 Å². The third-order valence-corrected chi connectivity index (χ3v) is 7.20. The van der Waals surface area contributed by atoms with E-state index < -0.39 is 28.1 Å². The summed E-state index contributed by atoms with van der Waals surface area (Å²) < 4.78 is 49.0. The Morgan fingerprint density at radius 3 is 2.44 bits per heavy atom. The Kier molecular flexibility index (Phi) is 7.20. The van der Waals surface area contributed by atoms with Crippen molar-refractivity contribution in [2.75, 3.05) is 40.0 Å². The lowest BCUT2D eigenvalue weighted by molar-refractivity contribution is -0.139. The number of benzene rings is 2. The number of methoxy groups -OCH3 is 1. The molecule has 182 valence electrons. The van der Waals surface area contributed by atoms with E-state index in [1.54, 1.807) is 37.4 Å². The maximum atomic E-state index is 13.2. The predicted molar refractivity (Wildman–Crippen MR) is 119 cm³/mol. The van der Waals surface area contributed by atoms with Gasteiger partial charge in [-0.3, -0.25) is 9.59 Å². The third kappa shape index (κ3) is 5.24. The molecule has 2 aliphatic heterocycles. The second-order valence-corrected chi connectivity index (χ2v) is 9.38. The number of ether oxygens (including phenoxy) is 4. The van der Waals surface area contributed by atoms with Crippen molar-refractivity contribution in [3.05, 3.63) is 48.0 Å². The fourth-order valence-electron chi connectivity index (χ4n) is 3.53. The van der Waals surface area contributed by atoms with Gasteiger partial charge in [-0.1, -0.05) is 12.1 Å². The standard InChI is InChI=1S/C22H25N3O8S/c1-30-16-4-2-15(3-5-16)13-23-21(26)22(27)24-14-20-25(8-9-33-20)34(28,29)17-6-7-18-19(12-17)32-11-10-31-18/h2-7,12,20H,8-11,13-14H2,1H3,(H,23,26)(H,24,27)/t20-/m1/s1. The maximum absolute atomic E-state index is 13.2. The van der Waals surface area contributed by atoms with Crippen LogP contribution in [0.25, 0.3) is 0 Å². The zero-order valence-corrected chi connectivity index (χ0v) is 19.3. The normalized spacial score (nSPS) is 17.7. The van der Waals surface area contributed by atoms with Crippen molar-refractivity contribution in [2.24, 2.45) is 0 Å². The number of hydrogen-bond acceptors (Lipinski definition) is 8. The molecule has 2 amide bonds. The van der Waals surface area contributed by atoms with Crippen LogP contribution in [0.5, 0.6) is 17.2 Å². The minimum absolute atomic E-state index is 0.0239. The molecular weight excluding hydrogens is 466 g/mol. The Morgan fingerprint density at radius 1 is 1.00 bits per heavy atom. The minimum atomic E-state index is -3.93. The highest BCUT2D eigenvalue weighted by atomic mass is 32.2. The largest absolute Gasteiger partial charge is 0.497 e. The van der Waals surface area contributed by atoms with Gasteiger partial charge in [0.05, 0.1) is 25.2 Å². The van der Waals surface area contributed by atoms with Crippen molar-refractivity contribution in [3.63, 3.8) is 0 Å². The van der Waals surface area contributed by atoms with Gasteiger partial charge in [-0.25, -0.2) is 8.42 Å². The zero-order chi connectivity index (χ0) is 24.1. The molecule has 2 N–H and O–H groups in total. The molecule has 4 rings (SSSR count). The second kappa shape index (κ2) is 10.3. The van der Waals surface area contributed by atoms with Gasteiger partial charge in [0.25, 0.3) is 0 Å². The van der Waals surface area contributed by atoms with E-state index in [1.165, 1.54) is 12.1 Å². The van der Waals surface area contributed by atoms with E-state index in [-0.39, 0.29) is 31.1 Å². The van der Waals surface area contributed by atoms with Crippen molar-refractivity contribution in [1.82, 2.24) is 14.9 Å². The van der Waals surface area contributed by atoms with Crippen LogP contribution in [0.1, 0.15) is 5.56 Å². The van der Waals surface area contributed by atoms with Crippen LogP contribution in [0.2, 0.25) is 0 Å². The fraction of sp³-hybridized carbons (Fsp3) is 0.364. The SMILES string of the molecule is COc1ccc(CNC(=O)C(=O)NC[C@H]2OCCN2S(=O)(=O)c2ccc3c(c2)OCCO3)cc1. The van der Waals surface area contributed by atoms with Gasteiger partial charge >= 0.3 is 11.8 Å². The first-order valence-corrected chi connectivity index (χ1v) is 12.0. The summed E-state index contributed by atoms with van der Waals surface area (Å²) in [7, 11) is -2.38. The lowest BCUT2D eigenvalue weighted by atomic mass is 10.2. The van der Waals surface area contributed by atoms with Crippen LogP contribution in [0.4, 0.5) is 0 Å². The second-order valence-electron chi connectivity index (χ2n) is 7.49. The number of amides is 2. The summed E-state index contributed by atoms with van der Waals surface area (Å²) in [5, 5.41) is 4.95. The highest BCUT2D eigenvalue weighted by Crippen LogP contribution is 2.34. The number of hydrogen-bond donors (Lipinski definition) is 2. The van der Waals surface area contributed by atoms with Gasteiger partial charge < -0.3 is 29.6 Å². The molecule has 0 saturated carbocycles. The molecule has 11 nitrogen and oxygen atoms in total. The van der Waals surface area contributed by atoms with Gasteiger partial charge in [0.1, 0.15) is 25.2 Å². The molecule has 0 aromatic heterocycles. The molecule has 1 fully saturated rings. The maximum Gasteiger partial charge on any atom is 0.309 e. The average molecular weight is 492 g/mol. The fourth-order valence-corrected chi connectivity index (χ4v) is 5.05. The third-order valence-electron chi connectivity index (χ3n) is 5.32. The van der Waals surface area contributed by atoms with Gasteiger partial charge in [0.15, 0.2) is 11.5 Å². The summed E-state index contributed by atoms with van der Waals surface area (Å²) in [6.07, 6.45) is -0.948. The average Bonchev–Trinajstić information content (AvgIpc) is 3.35. The summed E-state index contributed by atoms with van der Waals surface area (Å²) in [6, 6.07) is 11.4. The summed E-state index contributed by atoms with van der Waals surface area (Å²) in [5.74, 6) is -0.214. The van der Waals surface area contributed by atoms with Gasteiger partial charge in [-0.2, -0.15) is 4.31 Å². The molecule has 0 radical (unpaired) electrons. The molecule has 2 aliphatic rings. The molecule has 0 unspecified atom stereocenters. The predicted octanol–water partition coefficient (Wildman–Crippen LogP) is 0.246. The Balaban J connectivity index is 1.33. The Bertz CT molecular complexity index is 1150. The van der Waals surface area contributed by atoms with Crippen LogP contribution < -0.4 is 24.8 Å². The van der Waals surface area contributed by atoms with Crippen molar-refractivity contribution in [2.45, 2.75) is 17.7 Å². The molecule has 0 aliphatic carbocycles. The van der Waals surface area contributed by atoms with E-state index in [2.05, 4.69) is 10.6 Å². The Labute approximate surface area is 197 Å². The van der Waals surface area contributed by atoms with Gasteiger partial charge in [0.2, 0.25) is 10.0 Å².